The Kier molecular flexibility index (Phi) is 5.40. The highest BCUT2D eigenvalue weighted by Crippen LogP contribution is 2.25. The second-order valence-corrected chi connectivity index (χ2v) is 7.71. The molecule has 1 aliphatic rings. The molecule has 21 heavy (non-hydrogen) atoms. The van der Waals surface area contributed by atoms with Crippen LogP contribution in [0.4, 0.5) is 0 Å². The highest BCUT2D eigenvalue weighted by atomic mass is 79.9. The number of halogens is 1. The van der Waals surface area contributed by atoms with Crippen molar-refractivity contribution in [2.45, 2.75) is 43.5 Å². The molecule has 0 radical (unpaired) electrons. The summed E-state index contributed by atoms with van der Waals surface area (Å²) in [6.45, 7) is 2.62. The van der Waals surface area contributed by atoms with Gasteiger partial charge in [0.2, 0.25) is 10.0 Å². The highest BCUT2D eigenvalue weighted by Gasteiger charge is 2.28. The van der Waals surface area contributed by atoms with Crippen molar-refractivity contribution in [3.05, 3.63) is 28.2 Å². The lowest BCUT2D eigenvalue weighted by Gasteiger charge is -2.10. The van der Waals surface area contributed by atoms with Crippen LogP contribution in [0, 0.1) is 0 Å². The van der Waals surface area contributed by atoms with E-state index >= 15 is 0 Å². The van der Waals surface area contributed by atoms with E-state index in [0.29, 0.717) is 16.6 Å². The molecule has 1 aliphatic carbocycles. The Hall–Kier alpha value is -0.920. The fraction of sp³-hybridized carbons (Fsp3) is 0.500. The van der Waals surface area contributed by atoms with Crippen LogP contribution in [0.5, 0.6) is 0 Å². The van der Waals surface area contributed by atoms with Crippen LogP contribution in [-0.4, -0.2) is 26.9 Å². The zero-order valence-corrected chi connectivity index (χ0v) is 14.3. The van der Waals surface area contributed by atoms with Crippen LogP contribution in [-0.2, 0) is 10.0 Å². The average molecular weight is 375 g/mol. The number of benzene rings is 1. The van der Waals surface area contributed by atoms with Gasteiger partial charge in [0.1, 0.15) is 0 Å². The average Bonchev–Trinajstić information content (AvgIpc) is 3.22. The molecule has 2 rings (SSSR count). The lowest BCUT2D eigenvalue weighted by Crippen LogP contribution is -2.27. The largest absolute Gasteiger partial charge is 0.352 e. The van der Waals surface area contributed by atoms with Gasteiger partial charge < -0.3 is 5.32 Å². The fourth-order valence-corrected chi connectivity index (χ4v) is 3.57. The van der Waals surface area contributed by atoms with Gasteiger partial charge in [-0.3, -0.25) is 4.79 Å². The molecule has 0 aliphatic heterocycles. The topological polar surface area (TPSA) is 75.3 Å². The van der Waals surface area contributed by atoms with Gasteiger partial charge in [-0.25, -0.2) is 13.1 Å². The highest BCUT2D eigenvalue weighted by molar-refractivity contribution is 9.10. The minimum atomic E-state index is -3.55. The summed E-state index contributed by atoms with van der Waals surface area (Å²) in [7, 11) is -3.55. The first kappa shape index (κ1) is 16.5. The zero-order chi connectivity index (χ0) is 15.5. The Bertz CT molecular complexity index is 627. The second-order valence-electron chi connectivity index (χ2n) is 5.15. The van der Waals surface area contributed by atoms with E-state index in [1.54, 1.807) is 6.07 Å². The molecule has 1 aromatic carbocycles. The number of amides is 1. The minimum absolute atomic E-state index is 0.0421. The van der Waals surface area contributed by atoms with Crippen molar-refractivity contribution in [1.82, 2.24) is 10.0 Å². The number of unbranched alkanes of at least 4 members (excludes halogenated alkanes) is 1. The number of sulfonamides is 1. The number of carbonyl (C=O) groups is 1. The summed E-state index contributed by atoms with van der Waals surface area (Å²) in [5, 5.41) is 2.79. The number of nitrogens with one attached hydrogen (secondary N) is 2. The van der Waals surface area contributed by atoms with Gasteiger partial charge in [0.15, 0.2) is 0 Å². The molecule has 0 bridgehead atoms. The molecule has 116 valence electrons. The Balaban J connectivity index is 2.18. The Morgan fingerprint density at radius 2 is 2.10 bits per heavy atom. The zero-order valence-electron chi connectivity index (χ0n) is 11.9. The minimum Gasteiger partial charge on any atom is -0.352 e. The Morgan fingerprint density at radius 3 is 2.71 bits per heavy atom. The van der Waals surface area contributed by atoms with Crippen molar-refractivity contribution in [2.24, 2.45) is 0 Å². The quantitative estimate of drug-likeness (QED) is 0.719. The van der Waals surface area contributed by atoms with Gasteiger partial charge in [0.05, 0.1) is 10.5 Å². The second kappa shape index (κ2) is 6.89. The first-order valence-corrected chi connectivity index (χ1v) is 9.31. The molecule has 0 atom stereocenters. The van der Waals surface area contributed by atoms with Crippen molar-refractivity contribution < 1.29 is 13.2 Å². The molecular weight excluding hydrogens is 356 g/mol. The summed E-state index contributed by atoms with van der Waals surface area (Å²) in [5.41, 5.74) is 0.338. The lowest BCUT2D eigenvalue weighted by atomic mass is 10.2. The molecule has 1 fully saturated rings. The maximum absolute atomic E-state index is 12.2. The summed E-state index contributed by atoms with van der Waals surface area (Å²) in [4.78, 5) is 12.2. The van der Waals surface area contributed by atoms with Crippen LogP contribution in [0.1, 0.15) is 43.0 Å². The van der Waals surface area contributed by atoms with E-state index in [-0.39, 0.29) is 16.8 Å². The van der Waals surface area contributed by atoms with E-state index in [4.69, 9.17) is 0 Å². The van der Waals surface area contributed by atoms with Gasteiger partial charge in [-0.15, -0.1) is 0 Å². The molecule has 0 spiro atoms. The molecule has 0 saturated heterocycles. The van der Waals surface area contributed by atoms with E-state index in [1.807, 2.05) is 6.92 Å². The molecule has 0 heterocycles. The molecule has 1 aromatic rings. The molecule has 1 saturated carbocycles. The standard InChI is InChI=1S/C14H19BrN2O3S/c1-2-3-8-16-14(18)12-9-11(6-7-13(12)15)21(19,20)17-10-4-5-10/h6-7,9-10,17H,2-5,8H2,1H3,(H,16,18). The van der Waals surface area contributed by atoms with Gasteiger partial charge >= 0.3 is 0 Å². The normalized spacial score (nSPS) is 15.0. The number of hydrogen-bond acceptors (Lipinski definition) is 3. The molecular formula is C14H19BrN2O3S. The summed E-state index contributed by atoms with van der Waals surface area (Å²) in [6.07, 6.45) is 3.63. The van der Waals surface area contributed by atoms with Crippen LogP contribution in [0.15, 0.2) is 27.6 Å². The molecule has 1 amide bonds. The summed E-state index contributed by atoms with van der Waals surface area (Å²) in [5.74, 6) is -0.265. The van der Waals surface area contributed by atoms with Crippen molar-refractivity contribution in [3.63, 3.8) is 0 Å². The van der Waals surface area contributed by atoms with E-state index < -0.39 is 10.0 Å². The van der Waals surface area contributed by atoms with Crippen molar-refractivity contribution in [1.29, 1.82) is 0 Å². The first-order chi connectivity index (χ1) is 9.94. The maximum atomic E-state index is 12.2. The molecule has 5 nitrogen and oxygen atoms in total. The first-order valence-electron chi connectivity index (χ1n) is 7.04. The predicted molar refractivity (Wildman–Crippen MR) is 84.7 cm³/mol. The van der Waals surface area contributed by atoms with Gasteiger partial charge in [-0.05, 0) is 53.4 Å². The van der Waals surface area contributed by atoms with E-state index in [2.05, 4.69) is 26.0 Å². The van der Waals surface area contributed by atoms with E-state index in [0.717, 1.165) is 25.7 Å². The van der Waals surface area contributed by atoms with Crippen molar-refractivity contribution in [3.8, 4) is 0 Å². The van der Waals surface area contributed by atoms with Crippen molar-refractivity contribution >= 4 is 31.9 Å². The number of hydrogen-bond donors (Lipinski definition) is 2. The van der Waals surface area contributed by atoms with Gasteiger partial charge in [0.25, 0.3) is 5.91 Å². The Labute approximate surface area is 133 Å². The van der Waals surface area contributed by atoms with Crippen LogP contribution < -0.4 is 10.0 Å². The van der Waals surface area contributed by atoms with E-state index in [1.165, 1.54) is 12.1 Å². The van der Waals surface area contributed by atoms with Crippen molar-refractivity contribution in [2.75, 3.05) is 6.54 Å². The van der Waals surface area contributed by atoms with Gasteiger partial charge in [-0.2, -0.15) is 0 Å². The van der Waals surface area contributed by atoms with Crippen LogP contribution >= 0.6 is 15.9 Å². The summed E-state index contributed by atoms with van der Waals surface area (Å²) in [6, 6.07) is 4.55. The molecule has 2 N–H and O–H groups in total. The smallest absolute Gasteiger partial charge is 0.252 e. The van der Waals surface area contributed by atoms with Gasteiger partial charge in [0, 0.05) is 17.1 Å². The fourth-order valence-electron chi connectivity index (χ4n) is 1.81. The molecule has 7 heteroatoms. The summed E-state index contributed by atoms with van der Waals surface area (Å²) >= 11 is 3.29. The third-order valence-electron chi connectivity index (χ3n) is 3.21. The molecule has 0 unspecified atom stereocenters. The SMILES string of the molecule is CCCCNC(=O)c1cc(S(=O)(=O)NC2CC2)ccc1Br. The predicted octanol–water partition coefficient (Wildman–Crippen LogP) is 2.42. The number of carbonyl (C=O) groups excluding carboxylic acids is 1. The maximum Gasteiger partial charge on any atom is 0.252 e. The monoisotopic (exact) mass is 374 g/mol. The van der Waals surface area contributed by atoms with Gasteiger partial charge in [-0.1, -0.05) is 13.3 Å². The number of rotatable bonds is 7. The van der Waals surface area contributed by atoms with Crippen LogP contribution in [0.3, 0.4) is 0 Å². The Morgan fingerprint density at radius 1 is 1.38 bits per heavy atom. The third kappa shape index (κ3) is 4.52. The van der Waals surface area contributed by atoms with Crippen LogP contribution in [0.2, 0.25) is 0 Å². The summed E-state index contributed by atoms with van der Waals surface area (Å²) < 4.78 is 27.5. The van der Waals surface area contributed by atoms with E-state index in [9.17, 15) is 13.2 Å². The van der Waals surface area contributed by atoms with Crippen LogP contribution in [0.25, 0.3) is 0 Å². The lowest BCUT2D eigenvalue weighted by molar-refractivity contribution is 0.0952. The third-order valence-corrected chi connectivity index (χ3v) is 5.42. The molecule has 0 aromatic heterocycles.